The van der Waals surface area contributed by atoms with Gasteiger partial charge in [0, 0.05) is 30.6 Å². The number of aliphatic imine (C=N–C) groups is 1. The standard InChI is InChI=1S/C18H18N2/c1-2-6-13(7-3-1)16-10-18(16)20-12-14-11-19-17-9-5-4-8-15(14)17/h1-9,11,14,16,18,20H,10,12H2/t14?,16-,18+/m0/s1. The quantitative estimate of drug-likeness (QED) is 0.894. The molecule has 1 unspecified atom stereocenters. The van der Waals surface area contributed by atoms with E-state index in [2.05, 4.69) is 71.1 Å². The van der Waals surface area contributed by atoms with Crippen LogP contribution in [-0.2, 0) is 0 Å². The Morgan fingerprint density at radius 2 is 1.80 bits per heavy atom. The number of para-hydroxylation sites is 1. The zero-order valence-electron chi connectivity index (χ0n) is 11.4. The average Bonchev–Trinajstić information content (AvgIpc) is 3.18. The number of rotatable bonds is 4. The molecule has 4 rings (SSSR count). The van der Waals surface area contributed by atoms with Gasteiger partial charge in [0.1, 0.15) is 0 Å². The van der Waals surface area contributed by atoms with E-state index in [1.165, 1.54) is 17.5 Å². The lowest BCUT2D eigenvalue weighted by Gasteiger charge is -2.10. The van der Waals surface area contributed by atoms with Crippen LogP contribution in [0.25, 0.3) is 0 Å². The third-order valence-corrected chi connectivity index (χ3v) is 4.35. The lowest BCUT2D eigenvalue weighted by molar-refractivity contribution is 0.654. The van der Waals surface area contributed by atoms with Crippen LogP contribution in [-0.4, -0.2) is 18.8 Å². The van der Waals surface area contributed by atoms with Crippen molar-refractivity contribution >= 4 is 11.9 Å². The minimum atomic E-state index is 0.434. The Kier molecular flexibility index (Phi) is 2.89. The molecule has 2 heteroatoms. The van der Waals surface area contributed by atoms with Gasteiger partial charge < -0.3 is 5.32 Å². The van der Waals surface area contributed by atoms with E-state index in [4.69, 9.17) is 0 Å². The van der Waals surface area contributed by atoms with Crippen molar-refractivity contribution in [3.8, 4) is 0 Å². The first-order chi connectivity index (χ1) is 9.92. The van der Waals surface area contributed by atoms with Gasteiger partial charge in [0.25, 0.3) is 0 Å². The summed E-state index contributed by atoms with van der Waals surface area (Å²) in [6.07, 6.45) is 3.34. The minimum Gasteiger partial charge on any atom is -0.312 e. The number of hydrogen-bond donors (Lipinski definition) is 1. The maximum Gasteiger partial charge on any atom is 0.0665 e. The van der Waals surface area contributed by atoms with E-state index in [1.54, 1.807) is 0 Å². The summed E-state index contributed by atoms with van der Waals surface area (Å²) in [5, 5.41) is 3.70. The summed E-state index contributed by atoms with van der Waals surface area (Å²) in [6, 6.07) is 19.9. The molecule has 3 atom stereocenters. The Morgan fingerprint density at radius 1 is 1.00 bits per heavy atom. The molecule has 20 heavy (non-hydrogen) atoms. The number of fused-ring (bicyclic) bond motifs is 1. The molecule has 2 aromatic carbocycles. The number of benzene rings is 2. The van der Waals surface area contributed by atoms with Crippen LogP contribution in [0.2, 0.25) is 0 Å². The Balaban J connectivity index is 1.36. The normalized spacial score (nSPS) is 26.5. The van der Waals surface area contributed by atoms with Gasteiger partial charge in [-0.2, -0.15) is 0 Å². The number of hydrogen-bond acceptors (Lipinski definition) is 2. The summed E-state index contributed by atoms with van der Waals surface area (Å²) in [7, 11) is 0. The summed E-state index contributed by atoms with van der Waals surface area (Å²) < 4.78 is 0. The maximum absolute atomic E-state index is 4.49. The molecular formula is C18H18N2. The highest BCUT2D eigenvalue weighted by molar-refractivity contribution is 5.80. The fourth-order valence-corrected chi connectivity index (χ4v) is 3.10. The fraction of sp³-hybridized carbons (Fsp3) is 0.278. The molecule has 1 aliphatic carbocycles. The van der Waals surface area contributed by atoms with Crippen LogP contribution in [0.5, 0.6) is 0 Å². The zero-order chi connectivity index (χ0) is 13.4. The van der Waals surface area contributed by atoms with Gasteiger partial charge in [-0.05, 0) is 23.6 Å². The van der Waals surface area contributed by atoms with Gasteiger partial charge in [-0.3, -0.25) is 4.99 Å². The topological polar surface area (TPSA) is 24.4 Å². The molecule has 2 aliphatic rings. The predicted octanol–water partition coefficient (Wildman–Crippen LogP) is 3.63. The van der Waals surface area contributed by atoms with Gasteiger partial charge in [0.05, 0.1) is 5.69 Å². The molecular weight excluding hydrogens is 244 g/mol. The summed E-state index contributed by atoms with van der Waals surface area (Å²) in [5.41, 5.74) is 3.96. The second-order valence-electron chi connectivity index (χ2n) is 5.71. The van der Waals surface area contributed by atoms with Crippen LogP contribution in [0, 0.1) is 0 Å². The molecule has 100 valence electrons. The Labute approximate surface area is 119 Å². The van der Waals surface area contributed by atoms with Gasteiger partial charge in [0.2, 0.25) is 0 Å². The molecule has 1 N–H and O–H groups in total. The SMILES string of the molecule is C1=Nc2ccccc2C1CN[C@@H]1C[C@H]1c1ccccc1. The van der Waals surface area contributed by atoms with Crippen LogP contribution in [0.3, 0.4) is 0 Å². The maximum atomic E-state index is 4.49. The molecule has 0 radical (unpaired) electrons. The van der Waals surface area contributed by atoms with Crippen molar-refractivity contribution in [2.45, 2.75) is 24.3 Å². The van der Waals surface area contributed by atoms with Crippen molar-refractivity contribution in [2.24, 2.45) is 4.99 Å². The first-order valence-corrected chi connectivity index (χ1v) is 7.33. The van der Waals surface area contributed by atoms with E-state index in [1.807, 2.05) is 0 Å². The van der Waals surface area contributed by atoms with Crippen molar-refractivity contribution in [1.29, 1.82) is 0 Å². The third kappa shape index (κ3) is 2.16. The molecule has 0 aromatic heterocycles. The van der Waals surface area contributed by atoms with E-state index in [9.17, 15) is 0 Å². The second-order valence-corrected chi connectivity index (χ2v) is 5.71. The Hall–Kier alpha value is -1.93. The number of nitrogens with zero attached hydrogens (tertiary/aromatic N) is 1. The molecule has 2 nitrogen and oxygen atoms in total. The van der Waals surface area contributed by atoms with Gasteiger partial charge in [0.15, 0.2) is 0 Å². The highest BCUT2D eigenvalue weighted by Gasteiger charge is 2.38. The van der Waals surface area contributed by atoms with Gasteiger partial charge in [-0.25, -0.2) is 0 Å². The van der Waals surface area contributed by atoms with E-state index in [0.717, 1.165) is 12.2 Å². The molecule has 0 bridgehead atoms. The molecule has 1 fully saturated rings. The van der Waals surface area contributed by atoms with Crippen molar-refractivity contribution in [3.05, 3.63) is 65.7 Å². The Morgan fingerprint density at radius 3 is 2.70 bits per heavy atom. The van der Waals surface area contributed by atoms with Crippen molar-refractivity contribution < 1.29 is 0 Å². The van der Waals surface area contributed by atoms with E-state index < -0.39 is 0 Å². The smallest absolute Gasteiger partial charge is 0.0665 e. The van der Waals surface area contributed by atoms with Gasteiger partial charge in [-0.1, -0.05) is 48.5 Å². The zero-order valence-corrected chi connectivity index (χ0v) is 11.4. The predicted molar refractivity (Wildman–Crippen MR) is 82.9 cm³/mol. The summed E-state index contributed by atoms with van der Waals surface area (Å²) >= 11 is 0. The van der Waals surface area contributed by atoms with E-state index in [-0.39, 0.29) is 0 Å². The summed E-state index contributed by atoms with van der Waals surface area (Å²) in [4.78, 5) is 4.49. The molecule has 2 aromatic rings. The number of nitrogens with one attached hydrogen (secondary N) is 1. The Bertz CT molecular complexity index is 633. The van der Waals surface area contributed by atoms with Crippen LogP contribution < -0.4 is 5.32 Å². The third-order valence-electron chi connectivity index (χ3n) is 4.35. The summed E-state index contributed by atoms with van der Waals surface area (Å²) in [6.45, 7) is 0.995. The highest BCUT2D eigenvalue weighted by Crippen LogP contribution is 2.41. The molecule has 1 saturated carbocycles. The molecule has 0 spiro atoms. The monoisotopic (exact) mass is 262 g/mol. The van der Waals surface area contributed by atoms with Crippen LogP contribution >= 0.6 is 0 Å². The van der Waals surface area contributed by atoms with E-state index in [0.29, 0.717) is 17.9 Å². The first kappa shape index (κ1) is 11.9. The first-order valence-electron chi connectivity index (χ1n) is 7.33. The molecule has 1 aliphatic heterocycles. The van der Waals surface area contributed by atoms with Crippen molar-refractivity contribution in [3.63, 3.8) is 0 Å². The summed E-state index contributed by atoms with van der Waals surface area (Å²) in [5.74, 6) is 1.13. The average molecular weight is 262 g/mol. The molecule has 1 heterocycles. The van der Waals surface area contributed by atoms with Crippen molar-refractivity contribution in [2.75, 3.05) is 6.54 Å². The molecule has 0 amide bonds. The lowest BCUT2D eigenvalue weighted by atomic mass is 10.0. The largest absolute Gasteiger partial charge is 0.312 e. The highest BCUT2D eigenvalue weighted by atomic mass is 15.0. The second kappa shape index (κ2) is 4.88. The van der Waals surface area contributed by atoms with E-state index >= 15 is 0 Å². The molecule has 0 saturated heterocycles. The lowest BCUT2D eigenvalue weighted by Crippen LogP contribution is -2.24. The van der Waals surface area contributed by atoms with Crippen LogP contribution in [0.1, 0.15) is 29.4 Å². The fourth-order valence-electron chi connectivity index (χ4n) is 3.10. The van der Waals surface area contributed by atoms with Crippen LogP contribution in [0.15, 0.2) is 59.6 Å². The van der Waals surface area contributed by atoms with Crippen molar-refractivity contribution in [1.82, 2.24) is 5.32 Å². The van der Waals surface area contributed by atoms with Crippen LogP contribution in [0.4, 0.5) is 5.69 Å². The minimum absolute atomic E-state index is 0.434. The van der Waals surface area contributed by atoms with Gasteiger partial charge in [-0.15, -0.1) is 0 Å². The van der Waals surface area contributed by atoms with Gasteiger partial charge >= 0.3 is 0 Å².